The molecular formula is C19H19Cl2N3O2. The summed E-state index contributed by atoms with van der Waals surface area (Å²) in [7, 11) is 0. The first-order valence-corrected chi connectivity index (χ1v) is 9.05. The van der Waals surface area contributed by atoms with Crippen molar-refractivity contribution in [2.45, 2.75) is 18.9 Å². The Hall–Kier alpha value is -1.82. The van der Waals surface area contributed by atoms with Gasteiger partial charge in [-0.15, -0.1) is 12.4 Å². The number of imide groups is 1. The number of fused-ring (bicyclic) bond motifs is 3. The smallest absolute Gasteiger partial charge is 0.261 e. The van der Waals surface area contributed by atoms with Crippen LogP contribution < -0.4 is 5.73 Å². The lowest BCUT2D eigenvalue weighted by atomic mass is 9.81. The fraction of sp³-hybridized carbons (Fsp3) is 0.368. The molecule has 0 unspecified atom stereocenters. The second-order valence-corrected chi connectivity index (χ2v) is 7.64. The van der Waals surface area contributed by atoms with Gasteiger partial charge in [-0.3, -0.25) is 14.5 Å². The highest BCUT2D eigenvalue weighted by molar-refractivity contribution is 6.37. The summed E-state index contributed by atoms with van der Waals surface area (Å²) < 4.78 is 0. The minimum atomic E-state index is -0.241. The van der Waals surface area contributed by atoms with E-state index in [0.717, 1.165) is 32.5 Å². The van der Waals surface area contributed by atoms with E-state index >= 15 is 0 Å². The van der Waals surface area contributed by atoms with E-state index in [-0.39, 0.29) is 30.3 Å². The second-order valence-electron chi connectivity index (χ2n) is 7.23. The summed E-state index contributed by atoms with van der Waals surface area (Å²) in [5, 5.41) is 1.67. The van der Waals surface area contributed by atoms with Gasteiger partial charge in [0.2, 0.25) is 0 Å². The van der Waals surface area contributed by atoms with Gasteiger partial charge in [-0.2, -0.15) is 0 Å². The molecule has 7 heteroatoms. The number of carbonyl (C=O) groups is 2. The van der Waals surface area contributed by atoms with E-state index in [2.05, 4.69) is 4.90 Å². The van der Waals surface area contributed by atoms with Crippen molar-refractivity contribution in [3.05, 3.63) is 40.4 Å². The Labute approximate surface area is 162 Å². The average Bonchev–Trinajstić information content (AvgIpc) is 2.64. The van der Waals surface area contributed by atoms with Crippen LogP contribution in [0.5, 0.6) is 0 Å². The molecule has 2 aromatic carbocycles. The van der Waals surface area contributed by atoms with Crippen LogP contribution in [-0.2, 0) is 0 Å². The largest absolute Gasteiger partial charge is 0.397 e. The van der Waals surface area contributed by atoms with Crippen LogP contribution in [0.2, 0.25) is 5.02 Å². The molecule has 2 amide bonds. The van der Waals surface area contributed by atoms with Crippen LogP contribution in [0.15, 0.2) is 24.3 Å². The van der Waals surface area contributed by atoms with Gasteiger partial charge in [-0.1, -0.05) is 23.7 Å². The molecule has 4 aliphatic rings. The summed E-state index contributed by atoms with van der Waals surface area (Å²) >= 11 is 6.26. The molecule has 0 spiro atoms. The predicted molar refractivity (Wildman–Crippen MR) is 104 cm³/mol. The van der Waals surface area contributed by atoms with E-state index < -0.39 is 0 Å². The van der Waals surface area contributed by atoms with Gasteiger partial charge >= 0.3 is 0 Å². The monoisotopic (exact) mass is 391 g/mol. The number of hydrogen-bond acceptors (Lipinski definition) is 4. The summed E-state index contributed by atoms with van der Waals surface area (Å²) in [6.45, 7) is 2.90. The molecule has 2 bridgehead atoms. The van der Waals surface area contributed by atoms with Gasteiger partial charge < -0.3 is 10.6 Å². The Bertz CT molecular complexity index is 938. The molecule has 5 nitrogen and oxygen atoms in total. The molecule has 2 aromatic rings. The number of rotatable bonds is 1. The quantitative estimate of drug-likeness (QED) is 0.598. The van der Waals surface area contributed by atoms with Gasteiger partial charge in [0.05, 0.1) is 22.3 Å². The third-order valence-corrected chi connectivity index (χ3v) is 6.32. The number of nitrogens with two attached hydrogens (primary N) is 1. The lowest BCUT2D eigenvalue weighted by molar-refractivity contribution is 0.00882. The zero-order valence-corrected chi connectivity index (χ0v) is 15.6. The minimum absolute atomic E-state index is 0. The first kappa shape index (κ1) is 17.6. The van der Waals surface area contributed by atoms with Gasteiger partial charge in [0, 0.05) is 22.9 Å². The van der Waals surface area contributed by atoms with Crippen molar-refractivity contribution in [2.75, 3.05) is 25.4 Å². The second kappa shape index (κ2) is 6.12. The molecule has 0 saturated carbocycles. The van der Waals surface area contributed by atoms with Crippen LogP contribution in [0.25, 0.3) is 10.8 Å². The van der Waals surface area contributed by atoms with Crippen molar-refractivity contribution < 1.29 is 9.59 Å². The molecule has 3 saturated heterocycles. The van der Waals surface area contributed by atoms with Crippen LogP contribution >= 0.6 is 24.0 Å². The van der Waals surface area contributed by atoms with Gasteiger partial charge in [0.25, 0.3) is 11.8 Å². The summed E-state index contributed by atoms with van der Waals surface area (Å²) in [5.74, 6) is -0.0548. The van der Waals surface area contributed by atoms with E-state index in [0.29, 0.717) is 38.5 Å². The van der Waals surface area contributed by atoms with Crippen molar-refractivity contribution in [1.29, 1.82) is 0 Å². The number of halogens is 2. The lowest BCUT2D eigenvalue weighted by Crippen LogP contribution is -2.60. The molecule has 6 rings (SSSR count). The summed E-state index contributed by atoms with van der Waals surface area (Å²) in [6, 6.07) is 6.96. The van der Waals surface area contributed by atoms with Crippen LogP contribution in [0.1, 0.15) is 33.6 Å². The Morgan fingerprint density at radius 2 is 1.77 bits per heavy atom. The molecular weight excluding hydrogens is 373 g/mol. The number of piperidine rings is 3. The number of amides is 2. The third kappa shape index (κ3) is 2.27. The molecule has 3 fully saturated rings. The molecule has 2 N–H and O–H groups in total. The van der Waals surface area contributed by atoms with E-state index in [4.69, 9.17) is 17.3 Å². The summed E-state index contributed by atoms with van der Waals surface area (Å²) in [6.07, 6.45) is 2.09. The molecule has 26 heavy (non-hydrogen) atoms. The minimum Gasteiger partial charge on any atom is -0.397 e. The average molecular weight is 392 g/mol. The number of anilines is 1. The van der Waals surface area contributed by atoms with Gasteiger partial charge in [-0.25, -0.2) is 0 Å². The Balaban J connectivity index is 0.00000168. The van der Waals surface area contributed by atoms with Crippen molar-refractivity contribution >= 4 is 52.3 Å². The lowest BCUT2D eigenvalue weighted by Gasteiger charge is -2.49. The zero-order valence-electron chi connectivity index (χ0n) is 14.1. The predicted octanol–water partition coefficient (Wildman–Crippen LogP) is 3.19. The van der Waals surface area contributed by atoms with Crippen LogP contribution in [-0.4, -0.2) is 47.3 Å². The highest BCUT2D eigenvalue weighted by atomic mass is 35.5. The van der Waals surface area contributed by atoms with Gasteiger partial charge in [-0.05, 0) is 44.0 Å². The van der Waals surface area contributed by atoms with Crippen LogP contribution in [0, 0.1) is 5.92 Å². The Morgan fingerprint density at radius 1 is 1.08 bits per heavy atom. The fourth-order valence-corrected chi connectivity index (χ4v) is 4.91. The van der Waals surface area contributed by atoms with Crippen LogP contribution in [0.3, 0.4) is 0 Å². The SMILES string of the molecule is Cl.Nc1c(Cl)cc2c3c(cccc13)C(=O)N([C@H]1CN3CCC1CC3)C2=O. The van der Waals surface area contributed by atoms with E-state index in [1.807, 2.05) is 6.07 Å². The van der Waals surface area contributed by atoms with E-state index in [1.54, 1.807) is 18.2 Å². The number of nitrogen functional groups attached to an aromatic ring is 1. The highest BCUT2D eigenvalue weighted by Gasteiger charge is 2.45. The van der Waals surface area contributed by atoms with Gasteiger partial charge in [0.1, 0.15) is 0 Å². The molecule has 0 aliphatic carbocycles. The van der Waals surface area contributed by atoms with Gasteiger partial charge in [0.15, 0.2) is 0 Å². The molecule has 1 atom stereocenters. The first-order valence-electron chi connectivity index (χ1n) is 8.67. The molecule has 136 valence electrons. The fourth-order valence-electron chi connectivity index (χ4n) is 4.70. The third-order valence-electron chi connectivity index (χ3n) is 6.00. The van der Waals surface area contributed by atoms with E-state index in [9.17, 15) is 9.59 Å². The first-order chi connectivity index (χ1) is 12.1. The Morgan fingerprint density at radius 3 is 2.42 bits per heavy atom. The number of hydrogen-bond donors (Lipinski definition) is 1. The normalized spacial score (nSPS) is 27.0. The van der Waals surface area contributed by atoms with Crippen molar-refractivity contribution in [3.8, 4) is 0 Å². The maximum Gasteiger partial charge on any atom is 0.261 e. The topological polar surface area (TPSA) is 66.6 Å². The van der Waals surface area contributed by atoms with Crippen molar-refractivity contribution in [3.63, 3.8) is 0 Å². The molecule has 4 aliphatic heterocycles. The van der Waals surface area contributed by atoms with E-state index in [1.165, 1.54) is 4.90 Å². The van der Waals surface area contributed by atoms with Crippen molar-refractivity contribution in [1.82, 2.24) is 9.80 Å². The summed E-state index contributed by atoms with van der Waals surface area (Å²) in [4.78, 5) is 30.3. The molecule has 0 aromatic heterocycles. The standard InChI is InChI=1S/C19H18ClN3O2.ClH/c20-14-8-13-16-11(17(14)21)2-1-3-12(16)18(24)23(19(13)25)15-9-22-6-4-10(15)5-7-22;/h1-3,8,10,15H,4-7,9,21H2;1H/t15-;/m0./s1. The Kier molecular flexibility index (Phi) is 4.14. The maximum atomic E-state index is 13.2. The number of benzene rings is 2. The highest BCUT2D eigenvalue weighted by Crippen LogP contribution is 2.40. The maximum absolute atomic E-state index is 13.2. The number of carbonyl (C=O) groups excluding carboxylic acids is 2. The zero-order chi connectivity index (χ0) is 17.3. The molecule has 0 radical (unpaired) electrons. The van der Waals surface area contributed by atoms with Crippen molar-refractivity contribution in [2.24, 2.45) is 5.92 Å². The molecule has 4 heterocycles. The van der Waals surface area contributed by atoms with Crippen LogP contribution in [0.4, 0.5) is 5.69 Å². The number of nitrogens with zero attached hydrogens (tertiary/aromatic N) is 2. The summed E-state index contributed by atoms with van der Waals surface area (Å²) in [5.41, 5.74) is 7.53.